The molecular formula is C25H31N3O5S. The minimum absolute atomic E-state index is 0.0564. The van der Waals surface area contributed by atoms with Gasteiger partial charge in [0.05, 0.1) is 22.9 Å². The van der Waals surface area contributed by atoms with E-state index in [-0.39, 0.29) is 23.1 Å². The van der Waals surface area contributed by atoms with Crippen molar-refractivity contribution in [1.82, 2.24) is 4.90 Å². The summed E-state index contributed by atoms with van der Waals surface area (Å²) in [7, 11) is -2.03. The van der Waals surface area contributed by atoms with Gasteiger partial charge in [0.1, 0.15) is 5.75 Å². The van der Waals surface area contributed by atoms with Gasteiger partial charge >= 0.3 is 0 Å². The second-order valence-corrected chi connectivity index (χ2v) is 11.2. The van der Waals surface area contributed by atoms with Crippen LogP contribution in [0.25, 0.3) is 0 Å². The Labute approximate surface area is 201 Å². The number of amides is 2. The number of fused-ring (bicyclic) bond motifs is 1. The molecule has 0 saturated carbocycles. The van der Waals surface area contributed by atoms with Gasteiger partial charge in [-0.05, 0) is 49.2 Å². The van der Waals surface area contributed by atoms with Crippen molar-refractivity contribution in [2.75, 3.05) is 49.6 Å². The van der Waals surface area contributed by atoms with E-state index in [1.807, 2.05) is 24.3 Å². The van der Waals surface area contributed by atoms with Crippen LogP contribution in [0.5, 0.6) is 5.75 Å². The van der Waals surface area contributed by atoms with Crippen molar-refractivity contribution in [3.8, 4) is 5.75 Å². The Morgan fingerprint density at radius 3 is 2.38 bits per heavy atom. The molecule has 0 radical (unpaired) electrons. The highest BCUT2D eigenvalue weighted by atomic mass is 32.2. The minimum Gasteiger partial charge on any atom is -0.495 e. The largest absolute Gasteiger partial charge is 0.495 e. The summed E-state index contributed by atoms with van der Waals surface area (Å²) in [6.07, 6.45) is 0.565. The molecule has 4 rings (SSSR count). The van der Waals surface area contributed by atoms with Crippen LogP contribution < -0.4 is 14.5 Å². The summed E-state index contributed by atoms with van der Waals surface area (Å²) < 4.78 is 31.8. The molecule has 2 aromatic carbocycles. The second kappa shape index (κ2) is 9.66. The molecule has 0 N–H and O–H groups in total. The monoisotopic (exact) mass is 485 g/mol. The van der Waals surface area contributed by atoms with E-state index in [0.717, 1.165) is 22.7 Å². The Bertz CT molecular complexity index is 1190. The third-order valence-corrected chi connectivity index (χ3v) is 8.84. The molecule has 0 aliphatic carbocycles. The van der Waals surface area contributed by atoms with Gasteiger partial charge in [-0.2, -0.15) is 0 Å². The molecule has 0 bridgehead atoms. The van der Waals surface area contributed by atoms with Crippen LogP contribution in [-0.4, -0.2) is 70.2 Å². The number of para-hydroxylation sites is 2. The first kappa shape index (κ1) is 24.1. The van der Waals surface area contributed by atoms with Crippen LogP contribution in [0, 0.1) is 0 Å². The van der Waals surface area contributed by atoms with Gasteiger partial charge in [-0.1, -0.05) is 12.1 Å². The Balaban J connectivity index is 1.39. The molecule has 2 heterocycles. The molecule has 2 aliphatic rings. The fourth-order valence-electron chi connectivity index (χ4n) is 4.69. The molecule has 1 fully saturated rings. The lowest BCUT2D eigenvalue weighted by atomic mass is 10.2. The second-order valence-electron chi connectivity index (χ2n) is 8.81. The SMILES string of the molecule is COc1ccccc1N1CCN(C(=O)CC(C)S(=O)(=O)c2ccc3c(c2)CCN3C(C)=O)CC1. The first-order chi connectivity index (χ1) is 16.2. The van der Waals surface area contributed by atoms with E-state index < -0.39 is 15.1 Å². The number of piperazine rings is 1. The third kappa shape index (κ3) is 4.61. The van der Waals surface area contributed by atoms with Crippen molar-refractivity contribution < 1.29 is 22.7 Å². The zero-order valence-corrected chi connectivity index (χ0v) is 20.7. The minimum atomic E-state index is -3.67. The van der Waals surface area contributed by atoms with Crippen molar-refractivity contribution in [3.63, 3.8) is 0 Å². The molecule has 2 aromatic rings. The number of methoxy groups -OCH3 is 1. The summed E-state index contributed by atoms with van der Waals surface area (Å²) in [5.41, 5.74) is 2.61. The van der Waals surface area contributed by atoms with Crippen molar-refractivity contribution in [1.29, 1.82) is 0 Å². The van der Waals surface area contributed by atoms with Crippen LogP contribution in [0.3, 0.4) is 0 Å². The van der Waals surface area contributed by atoms with Crippen LogP contribution >= 0.6 is 0 Å². The summed E-state index contributed by atoms with van der Waals surface area (Å²) in [6.45, 7) is 6.03. The molecule has 0 spiro atoms. The quantitative estimate of drug-likeness (QED) is 0.625. The van der Waals surface area contributed by atoms with Crippen LogP contribution in [0.2, 0.25) is 0 Å². The van der Waals surface area contributed by atoms with E-state index in [9.17, 15) is 18.0 Å². The predicted molar refractivity (Wildman–Crippen MR) is 131 cm³/mol. The lowest BCUT2D eigenvalue weighted by Gasteiger charge is -2.37. The predicted octanol–water partition coefficient (Wildman–Crippen LogP) is 2.51. The maximum Gasteiger partial charge on any atom is 0.224 e. The van der Waals surface area contributed by atoms with Crippen molar-refractivity contribution >= 4 is 33.0 Å². The van der Waals surface area contributed by atoms with E-state index in [0.29, 0.717) is 39.1 Å². The van der Waals surface area contributed by atoms with Crippen molar-refractivity contribution in [2.24, 2.45) is 0 Å². The molecular weight excluding hydrogens is 454 g/mol. The molecule has 1 atom stereocenters. The van der Waals surface area contributed by atoms with Gasteiger partial charge < -0.3 is 19.4 Å². The molecule has 1 unspecified atom stereocenters. The van der Waals surface area contributed by atoms with Gasteiger partial charge in [-0.25, -0.2) is 8.42 Å². The fourth-order valence-corrected chi connectivity index (χ4v) is 6.08. The smallest absolute Gasteiger partial charge is 0.224 e. The van der Waals surface area contributed by atoms with Gasteiger partial charge in [0, 0.05) is 51.8 Å². The first-order valence-electron chi connectivity index (χ1n) is 11.5. The number of sulfone groups is 1. The average molecular weight is 486 g/mol. The summed E-state index contributed by atoms with van der Waals surface area (Å²) >= 11 is 0. The number of hydrogen-bond donors (Lipinski definition) is 0. The van der Waals surface area contributed by atoms with Gasteiger partial charge in [-0.15, -0.1) is 0 Å². The number of carbonyl (C=O) groups excluding carboxylic acids is 2. The summed E-state index contributed by atoms with van der Waals surface area (Å²) in [4.78, 5) is 30.5. The highest BCUT2D eigenvalue weighted by molar-refractivity contribution is 7.92. The Kier molecular flexibility index (Phi) is 6.84. The van der Waals surface area contributed by atoms with Crippen LogP contribution in [0.4, 0.5) is 11.4 Å². The fraction of sp³-hybridized carbons (Fsp3) is 0.440. The molecule has 182 valence electrons. The maximum atomic E-state index is 13.2. The van der Waals surface area contributed by atoms with E-state index >= 15 is 0 Å². The van der Waals surface area contributed by atoms with E-state index in [1.54, 1.807) is 42.0 Å². The molecule has 9 heteroatoms. The topological polar surface area (TPSA) is 87.2 Å². The Hall–Kier alpha value is -3.07. The normalized spacial score (nSPS) is 16.9. The van der Waals surface area contributed by atoms with Crippen molar-refractivity contribution in [2.45, 2.75) is 36.8 Å². The zero-order valence-electron chi connectivity index (χ0n) is 19.9. The average Bonchev–Trinajstić information content (AvgIpc) is 3.27. The summed E-state index contributed by atoms with van der Waals surface area (Å²) in [5.74, 6) is 0.585. The van der Waals surface area contributed by atoms with Crippen molar-refractivity contribution in [3.05, 3.63) is 48.0 Å². The lowest BCUT2D eigenvalue weighted by molar-refractivity contribution is -0.131. The van der Waals surface area contributed by atoms with E-state index in [2.05, 4.69) is 4.90 Å². The number of carbonyl (C=O) groups is 2. The lowest BCUT2D eigenvalue weighted by Crippen LogP contribution is -2.49. The van der Waals surface area contributed by atoms with Crippen LogP contribution in [-0.2, 0) is 25.8 Å². The summed E-state index contributed by atoms with van der Waals surface area (Å²) in [6, 6.07) is 12.7. The summed E-state index contributed by atoms with van der Waals surface area (Å²) in [5, 5.41) is -0.837. The van der Waals surface area contributed by atoms with Gasteiger partial charge in [-0.3, -0.25) is 9.59 Å². The molecule has 2 amide bonds. The standard InChI is InChI=1S/C25H31N3O5S/c1-18(34(31,32)21-8-9-22-20(17-21)10-11-28(22)19(2)29)16-25(30)27-14-12-26(13-15-27)23-6-4-5-7-24(23)33-3/h4-9,17-18H,10-16H2,1-3H3. The number of rotatable bonds is 6. The Morgan fingerprint density at radius 1 is 1.00 bits per heavy atom. The molecule has 8 nitrogen and oxygen atoms in total. The molecule has 0 aromatic heterocycles. The van der Waals surface area contributed by atoms with Gasteiger partial charge in [0.25, 0.3) is 0 Å². The third-order valence-electron chi connectivity index (χ3n) is 6.71. The number of ether oxygens (including phenoxy) is 1. The number of nitrogens with zero attached hydrogens (tertiary/aromatic N) is 3. The van der Waals surface area contributed by atoms with Gasteiger partial charge in [0.15, 0.2) is 9.84 Å². The zero-order chi connectivity index (χ0) is 24.5. The highest BCUT2D eigenvalue weighted by Crippen LogP contribution is 2.32. The maximum absolute atomic E-state index is 13.2. The number of benzene rings is 2. The molecule has 34 heavy (non-hydrogen) atoms. The molecule has 2 aliphatic heterocycles. The highest BCUT2D eigenvalue weighted by Gasteiger charge is 2.31. The first-order valence-corrected chi connectivity index (χ1v) is 13.1. The number of anilines is 2. The molecule has 1 saturated heterocycles. The Morgan fingerprint density at radius 2 is 1.71 bits per heavy atom. The van der Waals surface area contributed by atoms with E-state index in [4.69, 9.17) is 4.74 Å². The van der Waals surface area contributed by atoms with E-state index in [1.165, 1.54) is 6.92 Å². The van der Waals surface area contributed by atoms with Gasteiger partial charge in [0.2, 0.25) is 11.8 Å². The van der Waals surface area contributed by atoms with Crippen LogP contribution in [0.15, 0.2) is 47.4 Å². The number of hydrogen-bond acceptors (Lipinski definition) is 6. The van der Waals surface area contributed by atoms with Crippen LogP contribution in [0.1, 0.15) is 25.8 Å².